The Labute approximate surface area is 104 Å². The molecule has 2 aliphatic rings. The van der Waals surface area contributed by atoms with Crippen molar-refractivity contribution in [2.24, 2.45) is 0 Å². The first-order chi connectivity index (χ1) is 8.16. The summed E-state index contributed by atoms with van der Waals surface area (Å²) in [6, 6.07) is 0.339. The standard InChI is InChI=1S/C12H26N4O/c1-14(2)3-4-15-5-7-16(8-6-15)11-9-13-10-12(11)17/h11-13,17H,3-10H2,1-2H3. The van der Waals surface area contributed by atoms with Crippen molar-refractivity contribution in [2.45, 2.75) is 12.1 Å². The molecule has 0 spiro atoms. The van der Waals surface area contributed by atoms with Crippen LogP contribution in [0.15, 0.2) is 0 Å². The number of likely N-dealkylation sites (N-methyl/N-ethyl adjacent to an activating group) is 1. The van der Waals surface area contributed by atoms with Crippen molar-refractivity contribution < 1.29 is 5.11 Å². The number of nitrogens with zero attached hydrogens (tertiary/aromatic N) is 3. The summed E-state index contributed by atoms with van der Waals surface area (Å²) >= 11 is 0. The Bertz CT molecular complexity index is 229. The van der Waals surface area contributed by atoms with E-state index in [2.05, 4.69) is 34.1 Å². The van der Waals surface area contributed by atoms with Crippen LogP contribution >= 0.6 is 0 Å². The van der Waals surface area contributed by atoms with Gasteiger partial charge in [0.15, 0.2) is 0 Å². The number of hydrogen-bond acceptors (Lipinski definition) is 5. The van der Waals surface area contributed by atoms with E-state index >= 15 is 0 Å². The Balaban J connectivity index is 1.70. The number of aliphatic hydroxyl groups is 1. The first-order valence-electron chi connectivity index (χ1n) is 6.67. The van der Waals surface area contributed by atoms with Crippen molar-refractivity contribution in [3.63, 3.8) is 0 Å². The van der Waals surface area contributed by atoms with E-state index in [1.807, 2.05) is 0 Å². The minimum Gasteiger partial charge on any atom is -0.390 e. The van der Waals surface area contributed by atoms with E-state index in [4.69, 9.17) is 0 Å². The van der Waals surface area contributed by atoms with E-state index in [1.54, 1.807) is 0 Å². The average Bonchev–Trinajstić information content (AvgIpc) is 2.73. The second kappa shape index (κ2) is 6.11. The molecule has 2 heterocycles. The molecule has 2 N–H and O–H groups in total. The Morgan fingerprint density at radius 3 is 2.41 bits per heavy atom. The molecule has 2 atom stereocenters. The van der Waals surface area contributed by atoms with Gasteiger partial charge in [0.25, 0.3) is 0 Å². The zero-order valence-electron chi connectivity index (χ0n) is 11.1. The fraction of sp³-hybridized carbons (Fsp3) is 1.00. The lowest BCUT2D eigenvalue weighted by atomic mass is 10.1. The van der Waals surface area contributed by atoms with Gasteiger partial charge in [0, 0.05) is 58.4 Å². The van der Waals surface area contributed by atoms with Crippen molar-refractivity contribution in [3.8, 4) is 0 Å². The Morgan fingerprint density at radius 2 is 1.88 bits per heavy atom. The molecule has 17 heavy (non-hydrogen) atoms. The van der Waals surface area contributed by atoms with E-state index in [0.29, 0.717) is 6.04 Å². The predicted octanol–water partition coefficient (Wildman–Crippen LogP) is -1.50. The third-order valence-electron chi connectivity index (χ3n) is 3.89. The lowest BCUT2D eigenvalue weighted by Crippen LogP contribution is -2.54. The van der Waals surface area contributed by atoms with Gasteiger partial charge in [0.1, 0.15) is 0 Å². The van der Waals surface area contributed by atoms with Crippen molar-refractivity contribution in [2.75, 3.05) is 66.5 Å². The molecule has 100 valence electrons. The van der Waals surface area contributed by atoms with E-state index < -0.39 is 0 Å². The molecular weight excluding hydrogens is 216 g/mol. The molecule has 2 aliphatic heterocycles. The molecule has 2 rings (SSSR count). The molecule has 2 fully saturated rings. The van der Waals surface area contributed by atoms with Crippen LogP contribution in [0.25, 0.3) is 0 Å². The van der Waals surface area contributed by atoms with Crippen molar-refractivity contribution in [1.82, 2.24) is 20.0 Å². The second-order valence-corrected chi connectivity index (χ2v) is 5.47. The van der Waals surface area contributed by atoms with Crippen molar-refractivity contribution in [3.05, 3.63) is 0 Å². The molecular formula is C12H26N4O. The maximum atomic E-state index is 9.86. The number of rotatable bonds is 4. The van der Waals surface area contributed by atoms with Gasteiger partial charge in [-0.05, 0) is 14.1 Å². The van der Waals surface area contributed by atoms with Crippen LogP contribution in [0.1, 0.15) is 0 Å². The smallest absolute Gasteiger partial charge is 0.0831 e. The summed E-state index contributed by atoms with van der Waals surface area (Å²) < 4.78 is 0. The number of aliphatic hydroxyl groups excluding tert-OH is 1. The summed E-state index contributed by atoms with van der Waals surface area (Å²) in [5.41, 5.74) is 0. The number of piperazine rings is 1. The summed E-state index contributed by atoms with van der Waals surface area (Å²) in [5.74, 6) is 0. The average molecular weight is 242 g/mol. The quantitative estimate of drug-likeness (QED) is 0.628. The molecule has 2 unspecified atom stereocenters. The third-order valence-corrected chi connectivity index (χ3v) is 3.89. The normalized spacial score (nSPS) is 32.5. The largest absolute Gasteiger partial charge is 0.390 e. The minimum absolute atomic E-state index is 0.177. The zero-order chi connectivity index (χ0) is 12.3. The highest BCUT2D eigenvalue weighted by Gasteiger charge is 2.32. The van der Waals surface area contributed by atoms with Crippen LogP contribution in [0.5, 0.6) is 0 Å². The van der Waals surface area contributed by atoms with E-state index in [0.717, 1.165) is 52.4 Å². The molecule has 0 radical (unpaired) electrons. The molecule has 0 amide bonds. The van der Waals surface area contributed by atoms with Gasteiger partial charge in [-0.15, -0.1) is 0 Å². The van der Waals surface area contributed by atoms with Crippen LogP contribution in [-0.4, -0.2) is 98.4 Å². The fourth-order valence-electron chi connectivity index (χ4n) is 2.68. The third kappa shape index (κ3) is 3.63. The summed E-state index contributed by atoms with van der Waals surface area (Å²) in [5, 5.41) is 13.1. The van der Waals surface area contributed by atoms with E-state index in [-0.39, 0.29) is 6.10 Å². The lowest BCUT2D eigenvalue weighted by molar-refractivity contribution is 0.0430. The summed E-state index contributed by atoms with van der Waals surface area (Å²) in [4.78, 5) is 7.19. The molecule has 0 aliphatic carbocycles. The van der Waals surface area contributed by atoms with Crippen LogP contribution in [0, 0.1) is 0 Å². The van der Waals surface area contributed by atoms with Gasteiger partial charge in [-0.25, -0.2) is 0 Å². The van der Waals surface area contributed by atoms with Gasteiger partial charge >= 0.3 is 0 Å². The van der Waals surface area contributed by atoms with Crippen LogP contribution in [0.4, 0.5) is 0 Å². The fourth-order valence-corrected chi connectivity index (χ4v) is 2.68. The Kier molecular flexibility index (Phi) is 4.76. The molecule has 0 bridgehead atoms. The van der Waals surface area contributed by atoms with Gasteiger partial charge in [-0.3, -0.25) is 9.80 Å². The van der Waals surface area contributed by atoms with Crippen LogP contribution in [0.3, 0.4) is 0 Å². The van der Waals surface area contributed by atoms with Crippen molar-refractivity contribution in [1.29, 1.82) is 0 Å². The Morgan fingerprint density at radius 1 is 1.18 bits per heavy atom. The van der Waals surface area contributed by atoms with E-state index in [9.17, 15) is 5.11 Å². The molecule has 2 saturated heterocycles. The van der Waals surface area contributed by atoms with Gasteiger partial charge in [-0.2, -0.15) is 0 Å². The number of hydrogen-bond donors (Lipinski definition) is 2. The van der Waals surface area contributed by atoms with Gasteiger partial charge in [0.05, 0.1) is 6.10 Å². The number of nitrogens with one attached hydrogen (secondary N) is 1. The van der Waals surface area contributed by atoms with Gasteiger partial charge in [0.2, 0.25) is 0 Å². The van der Waals surface area contributed by atoms with Crippen LogP contribution in [0.2, 0.25) is 0 Å². The molecule has 0 saturated carbocycles. The molecule has 5 nitrogen and oxygen atoms in total. The van der Waals surface area contributed by atoms with Crippen LogP contribution < -0.4 is 5.32 Å². The first kappa shape index (κ1) is 13.2. The first-order valence-corrected chi connectivity index (χ1v) is 6.67. The minimum atomic E-state index is -0.177. The van der Waals surface area contributed by atoms with Gasteiger partial charge < -0.3 is 15.3 Å². The molecule has 0 aromatic carbocycles. The summed E-state index contributed by atoms with van der Waals surface area (Å²) in [6.45, 7) is 8.45. The highest BCUT2D eigenvalue weighted by atomic mass is 16.3. The SMILES string of the molecule is CN(C)CCN1CCN(C2CNCC2O)CC1. The zero-order valence-corrected chi connectivity index (χ0v) is 11.1. The van der Waals surface area contributed by atoms with Gasteiger partial charge in [-0.1, -0.05) is 0 Å². The summed E-state index contributed by atoms with van der Waals surface area (Å²) in [7, 11) is 4.24. The lowest BCUT2D eigenvalue weighted by Gasteiger charge is -2.39. The monoisotopic (exact) mass is 242 g/mol. The maximum Gasteiger partial charge on any atom is 0.0831 e. The molecule has 0 aromatic rings. The Hall–Kier alpha value is -0.200. The van der Waals surface area contributed by atoms with Crippen LogP contribution in [-0.2, 0) is 0 Å². The highest BCUT2D eigenvalue weighted by Crippen LogP contribution is 2.12. The predicted molar refractivity (Wildman–Crippen MR) is 69.2 cm³/mol. The summed E-state index contributed by atoms with van der Waals surface area (Å²) in [6.07, 6.45) is -0.177. The van der Waals surface area contributed by atoms with E-state index in [1.165, 1.54) is 0 Å². The maximum absolute atomic E-state index is 9.86. The topological polar surface area (TPSA) is 42.0 Å². The molecule has 5 heteroatoms. The second-order valence-electron chi connectivity index (χ2n) is 5.47. The highest BCUT2D eigenvalue weighted by molar-refractivity contribution is 4.90. The molecule has 0 aromatic heterocycles. The number of β-amino-alcohol motifs (C(OH)–C–C–N with tert-alkyl or cyclic N) is 1. The van der Waals surface area contributed by atoms with Crippen molar-refractivity contribution >= 4 is 0 Å².